The van der Waals surface area contributed by atoms with Gasteiger partial charge in [-0.25, -0.2) is 0 Å². The molecular weight excluding hydrogens is 346 g/mol. The molecule has 1 amide bonds. The summed E-state index contributed by atoms with van der Waals surface area (Å²) >= 11 is 0. The lowest BCUT2D eigenvalue weighted by atomic mass is 9.88. The molecule has 0 radical (unpaired) electrons. The second kappa shape index (κ2) is 7.16. The molecule has 1 heterocycles. The molecule has 3 aromatic carbocycles. The largest absolute Gasteiger partial charge is 0.487 e. The molecule has 3 nitrogen and oxygen atoms in total. The Morgan fingerprint density at radius 1 is 0.964 bits per heavy atom. The van der Waals surface area contributed by atoms with Gasteiger partial charge in [-0.15, -0.1) is 0 Å². The minimum absolute atomic E-state index is 0.0604. The van der Waals surface area contributed by atoms with E-state index in [1.54, 1.807) is 0 Å². The fraction of sp³-hybridized carbons (Fsp3) is 0.240. The molecule has 1 aliphatic heterocycles. The van der Waals surface area contributed by atoms with E-state index in [-0.39, 0.29) is 17.6 Å². The number of benzene rings is 3. The third-order valence-corrected chi connectivity index (χ3v) is 5.18. The van der Waals surface area contributed by atoms with Crippen molar-refractivity contribution < 1.29 is 9.53 Å². The Morgan fingerprint density at radius 2 is 1.64 bits per heavy atom. The van der Waals surface area contributed by atoms with Crippen LogP contribution in [0.1, 0.15) is 47.8 Å². The SMILES string of the molecule is Cc1ccc2c(c1)C(NC(=O)c1ccc(-c3ccccc3)cc1)CC(C)(C)O2. The predicted octanol–water partition coefficient (Wildman–Crippen LogP) is 5.69. The highest BCUT2D eigenvalue weighted by molar-refractivity contribution is 5.95. The topological polar surface area (TPSA) is 38.3 Å². The number of hydrogen-bond acceptors (Lipinski definition) is 2. The molecule has 1 unspecified atom stereocenters. The Labute approximate surface area is 166 Å². The zero-order valence-electron chi connectivity index (χ0n) is 16.5. The average Bonchev–Trinajstić information content (AvgIpc) is 2.69. The molecule has 1 aliphatic rings. The smallest absolute Gasteiger partial charge is 0.251 e. The number of hydrogen-bond donors (Lipinski definition) is 1. The van der Waals surface area contributed by atoms with Crippen molar-refractivity contribution >= 4 is 5.91 Å². The maximum Gasteiger partial charge on any atom is 0.251 e. The summed E-state index contributed by atoms with van der Waals surface area (Å²) in [6, 6.07) is 24.0. The molecule has 3 aromatic rings. The number of ether oxygens (including phenoxy) is 1. The van der Waals surface area contributed by atoms with Crippen molar-refractivity contribution in [1.29, 1.82) is 0 Å². The minimum atomic E-state index is -0.322. The lowest BCUT2D eigenvalue weighted by Gasteiger charge is -2.38. The number of carbonyl (C=O) groups excluding carboxylic acids is 1. The molecule has 3 heteroatoms. The van der Waals surface area contributed by atoms with Crippen molar-refractivity contribution in [3.05, 3.63) is 89.5 Å². The van der Waals surface area contributed by atoms with Crippen LogP contribution in [0.2, 0.25) is 0 Å². The molecule has 142 valence electrons. The third kappa shape index (κ3) is 3.79. The molecule has 0 fully saturated rings. The van der Waals surface area contributed by atoms with Crippen molar-refractivity contribution in [1.82, 2.24) is 5.32 Å². The Hall–Kier alpha value is -3.07. The minimum Gasteiger partial charge on any atom is -0.487 e. The van der Waals surface area contributed by atoms with Crippen LogP contribution in [-0.2, 0) is 0 Å². The summed E-state index contributed by atoms with van der Waals surface area (Å²) in [6.45, 7) is 6.18. The molecule has 1 N–H and O–H groups in total. The van der Waals surface area contributed by atoms with E-state index >= 15 is 0 Å². The van der Waals surface area contributed by atoms with E-state index in [4.69, 9.17) is 4.74 Å². The van der Waals surface area contributed by atoms with Gasteiger partial charge in [0, 0.05) is 17.5 Å². The first-order valence-corrected chi connectivity index (χ1v) is 9.67. The van der Waals surface area contributed by atoms with Crippen LogP contribution in [0.25, 0.3) is 11.1 Å². The van der Waals surface area contributed by atoms with E-state index in [1.807, 2.05) is 54.6 Å². The van der Waals surface area contributed by atoms with Gasteiger partial charge in [-0.2, -0.15) is 0 Å². The van der Waals surface area contributed by atoms with Gasteiger partial charge in [0.25, 0.3) is 5.91 Å². The fourth-order valence-electron chi connectivity index (χ4n) is 3.79. The molecule has 0 aromatic heterocycles. The van der Waals surface area contributed by atoms with Crippen molar-refractivity contribution in [3.8, 4) is 16.9 Å². The molecule has 4 rings (SSSR count). The molecule has 0 bridgehead atoms. The zero-order valence-corrected chi connectivity index (χ0v) is 16.5. The van der Waals surface area contributed by atoms with Crippen LogP contribution < -0.4 is 10.1 Å². The normalized spacial score (nSPS) is 17.3. The Balaban J connectivity index is 1.56. The molecule has 0 saturated heterocycles. The highest BCUT2D eigenvalue weighted by Crippen LogP contribution is 2.40. The van der Waals surface area contributed by atoms with E-state index in [9.17, 15) is 4.79 Å². The van der Waals surface area contributed by atoms with Crippen LogP contribution in [0.15, 0.2) is 72.8 Å². The second-order valence-corrected chi connectivity index (χ2v) is 8.08. The van der Waals surface area contributed by atoms with Gasteiger partial charge in [0.05, 0.1) is 6.04 Å². The molecular formula is C25H25NO2. The average molecular weight is 371 g/mol. The number of aryl methyl sites for hydroxylation is 1. The number of rotatable bonds is 3. The highest BCUT2D eigenvalue weighted by Gasteiger charge is 2.34. The Morgan fingerprint density at radius 3 is 2.36 bits per heavy atom. The summed E-state index contributed by atoms with van der Waals surface area (Å²) in [6.07, 6.45) is 0.733. The van der Waals surface area contributed by atoms with Crippen LogP contribution in [0.4, 0.5) is 0 Å². The standard InChI is InChI=1S/C25H25NO2/c1-17-9-14-23-21(15-17)22(16-25(2,3)28-23)26-24(27)20-12-10-19(11-13-20)18-7-5-4-6-8-18/h4-15,22H,16H2,1-3H3,(H,26,27). The quantitative estimate of drug-likeness (QED) is 0.642. The Kier molecular flexibility index (Phi) is 4.68. The molecule has 0 aliphatic carbocycles. The van der Waals surface area contributed by atoms with Gasteiger partial charge >= 0.3 is 0 Å². The lowest BCUT2D eigenvalue weighted by molar-refractivity contribution is 0.0619. The van der Waals surface area contributed by atoms with Crippen molar-refractivity contribution in [2.45, 2.75) is 38.8 Å². The Bertz CT molecular complexity index is 991. The first kappa shape index (κ1) is 18.3. The third-order valence-electron chi connectivity index (χ3n) is 5.18. The summed E-state index contributed by atoms with van der Waals surface area (Å²) < 4.78 is 6.11. The monoisotopic (exact) mass is 371 g/mol. The summed E-state index contributed by atoms with van der Waals surface area (Å²) in [5.74, 6) is 0.793. The van der Waals surface area contributed by atoms with E-state index in [0.29, 0.717) is 5.56 Å². The van der Waals surface area contributed by atoms with Crippen LogP contribution in [0, 0.1) is 6.92 Å². The van der Waals surface area contributed by atoms with E-state index in [2.05, 4.69) is 44.3 Å². The maximum absolute atomic E-state index is 12.9. The van der Waals surface area contributed by atoms with E-state index < -0.39 is 0 Å². The van der Waals surface area contributed by atoms with Crippen molar-refractivity contribution in [2.24, 2.45) is 0 Å². The van der Waals surface area contributed by atoms with Gasteiger partial charge in [0.2, 0.25) is 0 Å². The number of fused-ring (bicyclic) bond motifs is 1. The predicted molar refractivity (Wildman–Crippen MR) is 113 cm³/mol. The number of amides is 1. The summed E-state index contributed by atoms with van der Waals surface area (Å²) in [7, 11) is 0. The maximum atomic E-state index is 12.9. The van der Waals surface area contributed by atoms with Gasteiger partial charge in [0.15, 0.2) is 0 Å². The van der Waals surface area contributed by atoms with Gasteiger partial charge < -0.3 is 10.1 Å². The second-order valence-electron chi connectivity index (χ2n) is 8.08. The van der Waals surface area contributed by atoms with Crippen LogP contribution in [0.3, 0.4) is 0 Å². The van der Waals surface area contributed by atoms with Gasteiger partial charge in [-0.3, -0.25) is 4.79 Å². The number of nitrogens with one attached hydrogen (secondary N) is 1. The summed E-state index contributed by atoms with van der Waals surface area (Å²) in [4.78, 5) is 12.9. The molecule has 0 saturated carbocycles. The molecule has 28 heavy (non-hydrogen) atoms. The fourth-order valence-corrected chi connectivity index (χ4v) is 3.79. The summed E-state index contributed by atoms with van der Waals surface area (Å²) in [5, 5.41) is 3.21. The zero-order chi connectivity index (χ0) is 19.7. The van der Waals surface area contributed by atoms with E-state index in [0.717, 1.165) is 34.4 Å². The van der Waals surface area contributed by atoms with E-state index in [1.165, 1.54) is 0 Å². The first-order chi connectivity index (χ1) is 13.4. The first-order valence-electron chi connectivity index (χ1n) is 9.67. The van der Waals surface area contributed by atoms with Crippen LogP contribution in [-0.4, -0.2) is 11.5 Å². The lowest BCUT2D eigenvalue weighted by Crippen LogP contribution is -2.41. The molecule has 1 atom stereocenters. The van der Waals surface area contributed by atoms with Gasteiger partial charge in [0.1, 0.15) is 11.4 Å². The van der Waals surface area contributed by atoms with Crippen molar-refractivity contribution in [2.75, 3.05) is 0 Å². The van der Waals surface area contributed by atoms with Gasteiger partial charge in [-0.1, -0.05) is 60.2 Å². The van der Waals surface area contributed by atoms with Crippen molar-refractivity contribution in [3.63, 3.8) is 0 Å². The van der Waals surface area contributed by atoms with Crippen LogP contribution >= 0.6 is 0 Å². The summed E-state index contributed by atoms with van der Waals surface area (Å²) in [5.41, 5.74) is 4.80. The number of carbonyl (C=O) groups is 1. The van der Waals surface area contributed by atoms with Crippen LogP contribution in [0.5, 0.6) is 5.75 Å². The molecule has 0 spiro atoms. The van der Waals surface area contributed by atoms with Gasteiger partial charge in [-0.05, 0) is 50.1 Å². The highest BCUT2D eigenvalue weighted by atomic mass is 16.5.